The van der Waals surface area contributed by atoms with Crippen molar-refractivity contribution >= 4 is 28.8 Å². The molecule has 4 aromatic rings. The van der Waals surface area contributed by atoms with Crippen LogP contribution in [0, 0.1) is 0 Å². The van der Waals surface area contributed by atoms with Crippen molar-refractivity contribution in [1.29, 1.82) is 0 Å². The van der Waals surface area contributed by atoms with E-state index in [2.05, 4.69) is 20.4 Å². The molecule has 0 aliphatic heterocycles. The summed E-state index contributed by atoms with van der Waals surface area (Å²) in [6.07, 6.45) is 4.11. The number of rotatable bonds is 7. The fourth-order valence-corrected chi connectivity index (χ4v) is 4.17. The number of halogens is 1. The van der Waals surface area contributed by atoms with E-state index in [9.17, 15) is 4.79 Å². The maximum absolute atomic E-state index is 12.5. The van der Waals surface area contributed by atoms with E-state index in [0.29, 0.717) is 11.4 Å². The van der Waals surface area contributed by atoms with Crippen molar-refractivity contribution in [3.63, 3.8) is 0 Å². The first kappa shape index (κ1) is 20.3. The van der Waals surface area contributed by atoms with Crippen LogP contribution in [0.5, 0.6) is 0 Å². The Kier molecular flexibility index (Phi) is 6.21. The predicted molar refractivity (Wildman–Crippen MR) is 118 cm³/mol. The molecule has 30 heavy (non-hydrogen) atoms. The molecule has 8 heteroatoms. The Labute approximate surface area is 183 Å². The van der Waals surface area contributed by atoms with Crippen LogP contribution in [0.4, 0.5) is 0 Å². The molecule has 0 spiro atoms. The minimum Gasteiger partial charge on any atom is -0.349 e. The van der Waals surface area contributed by atoms with Gasteiger partial charge in [-0.1, -0.05) is 35.9 Å². The average molecular weight is 438 g/mol. The van der Waals surface area contributed by atoms with Crippen LogP contribution in [0.3, 0.4) is 0 Å². The molecule has 0 saturated heterocycles. The number of aromatic nitrogens is 4. The summed E-state index contributed by atoms with van der Waals surface area (Å²) in [5.74, 6) is -0.0533. The van der Waals surface area contributed by atoms with Crippen molar-refractivity contribution in [2.45, 2.75) is 25.8 Å². The zero-order valence-corrected chi connectivity index (χ0v) is 17.9. The van der Waals surface area contributed by atoms with Gasteiger partial charge in [0.05, 0.1) is 28.9 Å². The maximum atomic E-state index is 12.5. The van der Waals surface area contributed by atoms with Gasteiger partial charge in [-0.05, 0) is 42.3 Å². The van der Waals surface area contributed by atoms with Crippen LogP contribution in [0.25, 0.3) is 5.69 Å². The van der Waals surface area contributed by atoms with Gasteiger partial charge < -0.3 is 5.32 Å². The Morgan fingerprint density at radius 3 is 2.80 bits per heavy atom. The number of amides is 1. The number of nitrogens with zero attached hydrogens (tertiary/aromatic N) is 4. The van der Waals surface area contributed by atoms with Crippen LogP contribution in [-0.2, 0) is 17.6 Å². The number of benzene rings is 2. The molecule has 4 rings (SSSR count). The van der Waals surface area contributed by atoms with Crippen LogP contribution >= 0.6 is 22.9 Å². The molecule has 0 aliphatic carbocycles. The van der Waals surface area contributed by atoms with Crippen LogP contribution in [0.15, 0.2) is 66.6 Å². The van der Waals surface area contributed by atoms with Gasteiger partial charge in [-0.2, -0.15) is 5.10 Å². The SMILES string of the molecule is CC(NC(=O)Cc1csc(Cc2cccc(Cl)c2)n1)c1ccc(-n2cncn2)cc1. The quantitative estimate of drug-likeness (QED) is 0.465. The number of nitrogens with one attached hydrogen (secondary N) is 1. The summed E-state index contributed by atoms with van der Waals surface area (Å²) in [5.41, 5.74) is 3.83. The second-order valence-corrected chi connectivity index (χ2v) is 8.32. The lowest BCUT2D eigenvalue weighted by Gasteiger charge is -2.14. The highest BCUT2D eigenvalue weighted by atomic mass is 35.5. The van der Waals surface area contributed by atoms with Crippen molar-refractivity contribution in [3.8, 4) is 5.69 Å². The summed E-state index contributed by atoms with van der Waals surface area (Å²) in [6.45, 7) is 1.97. The van der Waals surface area contributed by atoms with Crippen LogP contribution in [0.2, 0.25) is 5.02 Å². The van der Waals surface area contributed by atoms with E-state index in [0.717, 1.165) is 27.5 Å². The third kappa shape index (κ3) is 5.11. The molecule has 6 nitrogen and oxygen atoms in total. The molecule has 0 bridgehead atoms. The third-order valence-electron chi connectivity index (χ3n) is 4.64. The second-order valence-electron chi connectivity index (χ2n) is 6.94. The molecule has 2 heterocycles. The van der Waals surface area contributed by atoms with E-state index >= 15 is 0 Å². The second kappa shape index (κ2) is 9.19. The van der Waals surface area contributed by atoms with Gasteiger partial charge in [0.1, 0.15) is 12.7 Å². The van der Waals surface area contributed by atoms with Crippen molar-refractivity contribution < 1.29 is 4.79 Å². The van der Waals surface area contributed by atoms with Crippen molar-refractivity contribution in [2.75, 3.05) is 0 Å². The molecule has 0 saturated carbocycles. The van der Waals surface area contributed by atoms with Gasteiger partial charge in [-0.15, -0.1) is 11.3 Å². The first-order valence-corrected chi connectivity index (χ1v) is 10.7. The first-order valence-electron chi connectivity index (χ1n) is 9.49. The van der Waals surface area contributed by atoms with Gasteiger partial charge in [-0.3, -0.25) is 4.79 Å². The Morgan fingerprint density at radius 2 is 2.07 bits per heavy atom. The van der Waals surface area contributed by atoms with Crippen LogP contribution in [-0.4, -0.2) is 25.7 Å². The van der Waals surface area contributed by atoms with Crippen molar-refractivity contribution in [3.05, 3.63) is 93.4 Å². The number of carbonyl (C=O) groups excluding carboxylic acids is 1. The van der Waals surface area contributed by atoms with Gasteiger partial charge in [0, 0.05) is 16.8 Å². The Bertz CT molecular complexity index is 1120. The molecule has 1 atom stereocenters. The number of carbonyl (C=O) groups is 1. The monoisotopic (exact) mass is 437 g/mol. The molecule has 0 radical (unpaired) electrons. The molecular weight excluding hydrogens is 418 g/mol. The van der Waals surface area contributed by atoms with E-state index in [1.54, 1.807) is 22.3 Å². The Hall–Kier alpha value is -3.03. The molecule has 0 aliphatic rings. The van der Waals surface area contributed by atoms with E-state index in [-0.39, 0.29) is 18.4 Å². The lowest BCUT2D eigenvalue weighted by molar-refractivity contribution is -0.121. The normalized spacial score (nSPS) is 11.9. The molecule has 1 unspecified atom stereocenters. The van der Waals surface area contributed by atoms with Gasteiger partial charge >= 0.3 is 0 Å². The van der Waals surface area contributed by atoms with Gasteiger partial charge in [0.25, 0.3) is 0 Å². The first-order chi connectivity index (χ1) is 14.6. The van der Waals surface area contributed by atoms with Crippen LogP contribution in [0.1, 0.15) is 34.8 Å². The topological polar surface area (TPSA) is 72.7 Å². The third-order valence-corrected chi connectivity index (χ3v) is 5.77. The Balaban J connectivity index is 1.32. The number of thiazole rings is 1. The van der Waals surface area contributed by atoms with Gasteiger partial charge in [0.15, 0.2) is 0 Å². The predicted octanol–water partition coefficient (Wildman–Crippen LogP) is 4.39. The molecule has 2 aromatic heterocycles. The Morgan fingerprint density at radius 1 is 1.23 bits per heavy atom. The van der Waals surface area contributed by atoms with Crippen molar-refractivity contribution in [1.82, 2.24) is 25.1 Å². The lowest BCUT2D eigenvalue weighted by Crippen LogP contribution is -2.28. The fraction of sp³-hybridized carbons (Fsp3) is 0.182. The van der Waals surface area contributed by atoms with Gasteiger partial charge in [-0.25, -0.2) is 14.6 Å². The zero-order valence-electron chi connectivity index (χ0n) is 16.3. The molecule has 1 N–H and O–H groups in total. The lowest BCUT2D eigenvalue weighted by atomic mass is 10.1. The average Bonchev–Trinajstić information content (AvgIpc) is 3.40. The largest absolute Gasteiger partial charge is 0.349 e. The maximum Gasteiger partial charge on any atom is 0.226 e. The fourth-order valence-electron chi connectivity index (χ4n) is 3.13. The summed E-state index contributed by atoms with van der Waals surface area (Å²) >= 11 is 7.60. The highest BCUT2D eigenvalue weighted by molar-refractivity contribution is 7.09. The minimum atomic E-state index is -0.105. The van der Waals surface area contributed by atoms with Crippen molar-refractivity contribution in [2.24, 2.45) is 0 Å². The van der Waals surface area contributed by atoms with Gasteiger partial charge in [0.2, 0.25) is 5.91 Å². The van der Waals surface area contributed by atoms with E-state index < -0.39 is 0 Å². The van der Waals surface area contributed by atoms with E-state index in [4.69, 9.17) is 11.6 Å². The summed E-state index contributed by atoms with van der Waals surface area (Å²) in [5, 5.41) is 10.8. The zero-order chi connectivity index (χ0) is 20.9. The molecule has 2 aromatic carbocycles. The standard InChI is InChI=1S/C22H20ClN5OS/c1-15(17-5-7-20(8-6-17)28-14-24-13-25-28)26-21(29)11-19-12-30-22(27-19)10-16-3-2-4-18(23)9-16/h2-9,12-15H,10-11H2,1H3,(H,26,29). The number of hydrogen-bond donors (Lipinski definition) is 1. The summed E-state index contributed by atoms with van der Waals surface area (Å²) < 4.78 is 1.69. The molecule has 0 fully saturated rings. The smallest absolute Gasteiger partial charge is 0.226 e. The summed E-state index contributed by atoms with van der Waals surface area (Å²) in [4.78, 5) is 21.0. The molecular formula is C22H20ClN5OS. The van der Waals surface area contributed by atoms with E-state index in [1.165, 1.54) is 6.33 Å². The summed E-state index contributed by atoms with van der Waals surface area (Å²) in [6, 6.07) is 15.5. The minimum absolute atomic E-state index is 0.0533. The van der Waals surface area contributed by atoms with Crippen LogP contribution < -0.4 is 5.32 Å². The molecule has 152 valence electrons. The molecule has 1 amide bonds. The van der Waals surface area contributed by atoms with E-state index in [1.807, 2.05) is 60.8 Å². The highest BCUT2D eigenvalue weighted by Crippen LogP contribution is 2.19. The summed E-state index contributed by atoms with van der Waals surface area (Å²) in [7, 11) is 0. The highest BCUT2D eigenvalue weighted by Gasteiger charge is 2.13. The number of hydrogen-bond acceptors (Lipinski definition) is 5.